The third-order valence-electron chi connectivity index (χ3n) is 3.82. The highest BCUT2D eigenvalue weighted by atomic mass is 16.3. The number of para-hydroxylation sites is 1. The van der Waals surface area contributed by atoms with Crippen molar-refractivity contribution in [3.05, 3.63) is 65.7 Å². The molecule has 0 saturated heterocycles. The Bertz CT molecular complexity index is 520. The molecule has 0 heterocycles. The van der Waals surface area contributed by atoms with Gasteiger partial charge in [0.15, 0.2) is 0 Å². The number of benzene rings is 2. The number of phenols is 1. The van der Waals surface area contributed by atoms with Crippen molar-refractivity contribution in [3.8, 4) is 5.75 Å². The van der Waals surface area contributed by atoms with E-state index in [1.807, 2.05) is 24.3 Å². The summed E-state index contributed by atoms with van der Waals surface area (Å²) in [5.74, 6) is 0.389. The van der Waals surface area contributed by atoms with Crippen molar-refractivity contribution >= 4 is 0 Å². The molecule has 0 spiro atoms. The van der Waals surface area contributed by atoms with Crippen LogP contribution < -0.4 is 0 Å². The minimum atomic E-state index is 0.216. The Hall–Kier alpha value is -1.80. The molecule has 0 fully saturated rings. The lowest BCUT2D eigenvalue weighted by atomic mass is 9.96. The van der Waals surface area contributed by atoms with E-state index in [4.69, 9.17) is 0 Å². The summed E-state index contributed by atoms with van der Waals surface area (Å²) >= 11 is 0. The van der Waals surface area contributed by atoms with E-state index in [1.165, 1.54) is 5.56 Å². The third-order valence-corrected chi connectivity index (χ3v) is 3.82. The van der Waals surface area contributed by atoms with Crippen LogP contribution >= 0.6 is 0 Å². The average Bonchev–Trinajstić information content (AvgIpc) is 2.49. The van der Waals surface area contributed by atoms with Crippen LogP contribution in [0.15, 0.2) is 54.6 Å². The number of phenolic OH excluding ortho intramolecular Hbond substituents is 1. The summed E-state index contributed by atoms with van der Waals surface area (Å²) in [4.78, 5) is 2.39. The van der Waals surface area contributed by atoms with Crippen LogP contribution in [0.1, 0.15) is 31.0 Å². The summed E-state index contributed by atoms with van der Waals surface area (Å²) in [5.41, 5.74) is 2.31. The molecule has 0 saturated carbocycles. The summed E-state index contributed by atoms with van der Waals surface area (Å²) in [7, 11) is 0. The van der Waals surface area contributed by atoms with Crippen LogP contribution in [0, 0.1) is 0 Å². The topological polar surface area (TPSA) is 23.5 Å². The van der Waals surface area contributed by atoms with Crippen molar-refractivity contribution in [2.24, 2.45) is 0 Å². The molecule has 0 amide bonds. The van der Waals surface area contributed by atoms with Gasteiger partial charge in [0, 0.05) is 11.6 Å². The molecule has 0 aromatic heterocycles. The van der Waals surface area contributed by atoms with Gasteiger partial charge in [-0.15, -0.1) is 0 Å². The number of rotatable bonds is 6. The molecule has 1 N–H and O–H groups in total. The molecule has 2 aromatic carbocycles. The third kappa shape index (κ3) is 3.40. The molecule has 1 atom stereocenters. The van der Waals surface area contributed by atoms with Crippen molar-refractivity contribution in [2.45, 2.75) is 26.3 Å². The second-order valence-corrected chi connectivity index (χ2v) is 4.99. The first-order chi connectivity index (χ1) is 9.76. The number of nitrogens with zero attached hydrogens (tertiary/aromatic N) is 1. The van der Waals surface area contributed by atoms with Gasteiger partial charge in [-0.3, -0.25) is 4.90 Å². The molecule has 20 heavy (non-hydrogen) atoms. The largest absolute Gasteiger partial charge is 0.508 e. The van der Waals surface area contributed by atoms with E-state index < -0.39 is 0 Å². The smallest absolute Gasteiger partial charge is 0.120 e. The molecule has 2 rings (SSSR count). The quantitative estimate of drug-likeness (QED) is 0.856. The zero-order chi connectivity index (χ0) is 14.4. The highest BCUT2D eigenvalue weighted by Gasteiger charge is 2.20. The average molecular weight is 269 g/mol. The van der Waals surface area contributed by atoms with E-state index in [1.54, 1.807) is 6.07 Å². The van der Waals surface area contributed by atoms with E-state index in [-0.39, 0.29) is 6.04 Å². The van der Waals surface area contributed by atoms with Gasteiger partial charge in [-0.2, -0.15) is 0 Å². The van der Waals surface area contributed by atoms with Crippen molar-refractivity contribution in [3.63, 3.8) is 0 Å². The van der Waals surface area contributed by atoms with Crippen molar-refractivity contribution in [2.75, 3.05) is 13.1 Å². The fourth-order valence-electron chi connectivity index (χ4n) is 2.71. The number of aromatic hydroxyl groups is 1. The zero-order valence-corrected chi connectivity index (χ0v) is 12.3. The monoisotopic (exact) mass is 269 g/mol. The predicted octanol–water partition coefficient (Wildman–Crippen LogP) is 4.02. The van der Waals surface area contributed by atoms with E-state index >= 15 is 0 Å². The zero-order valence-electron chi connectivity index (χ0n) is 12.3. The van der Waals surface area contributed by atoms with Crippen LogP contribution in [0.25, 0.3) is 0 Å². The highest BCUT2D eigenvalue weighted by Crippen LogP contribution is 2.31. The normalized spacial score (nSPS) is 12.6. The summed E-state index contributed by atoms with van der Waals surface area (Å²) in [6.07, 6.45) is 0.917. The Balaban J connectivity index is 2.32. The van der Waals surface area contributed by atoms with Crippen LogP contribution in [0.3, 0.4) is 0 Å². The highest BCUT2D eigenvalue weighted by molar-refractivity contribution is 5.36. The van der Waals surface area contributed by atoms with Crippen LogP contribution in [-0.2, 0) is 6.42 Å². The van der Waals surface area contributed by atoms with E-state index in [0.29, 0.717) is 5.75 Å². The van der Waals surface area contributed by atoms with Crippen molar-refractivity contribution < 1.29 is 5.11 Å². The molecule has 0 bridgehead atoms. The van der Waals surface area contributed by atoms with E-state index in [2.05, 4.69) is 43.0 Å². The molecule has 0 aliphatic heterocycles. The molecule has 2 aromatic rings. The Morgan fingerprint density at radius 2 is 1.50 bits per heavy atom. The maximum absolute atomic E-state index is 10.2. The molecular formula is C18H23NO. The standard InChI is InChI=1S/C18H23NO/c1-3-19(4-2)17(14-15-10-6-5-7-11-15)16-12-8-9-13-18(16)20/h5-13,17,20H,3-4,14H2,1-2H3. The molecule has 0 radical (unpaired) electrons. The van der Waals surface area contributed by atoms with Gasteiger partial charge in [0.05, 0.1) is 0 Å². The van der Waals surface area contributed by atoms with E-state index in [9.17, 15) is 5.11 Å². The second-order valence-electron chi connectivity index (χ2n) is 4.99. The fraction of sp³-hybridized carbons (Fsp3) is 0.333. The molecule has 0 aliphatic carbocycles. The van der Waals surface area contributed by atoms with Crippen LogP contribution in [0.2, 0.25) is 0 Å². The van der Waals surface area contributed by atoms with Gasteiger partial charge in [-0.25, -0.2) is 0 Å². The summed E-state index contributed by atoms with van der Waals surface area (Å²) in [6.45, 7) is 6.29. The van der Waals surface area contributed by atoms with E-state index in [0.717, 1.165) is 25.1 Å². The summed E-state index contributed by atoms with van der Waals surface area (Å²) < 4.78 is 0. The molecule has 0 aliphatic rings. The predicted molar refractivity (Wildman–Crippen MR) is 83.9 cm³/mol. The lowest BCUT2D eigenvalue weighted by Gasteiger charge is -2.30. The number of hydrogen-bond donors (Lipinski definition) is 1. The first kappa shape index (κ1) is 14.6. The maximum atomic E-state index is 10.2. The van der Waals surface area contributed by atoms with Gasteiger partial charge in [0.2, 0.25) is 0 Å². The Kier molecular flexibility index (Phi) is 5.19. The molecule has 2 heteroatoms. The van der Waals surface area contributed by atoms with Crippen LogP contribution in [0.5, 0.6) is 5.75 Å². The first-order valence-corrected chi connectivity index (χ1v) is 7.32. The molecule has 1 unspecified atom stereocenters. The van der Waals surface area contributed by atoms with Gasteiger partial charge in [-0.05, 0) is 31.1 Å². The lowest BCUT2D eigenvalue weighted by Crippen LogP contribution is -2.30. The molecule has 106 valence electrons. The summed E-state index contributed by atoms with van der Waals surface area (Å²) in [6, 6.07) is 18.4. The first-order valence-electron chi connectivity index (χ1n) is 7.32. The van der Waals surface area contributed by atoms with Crippen molar-refractivity contribution in [1.29, 1.82) is 0 Å². The molecular weight excluding hydrogens is 246 g/mol. The van der Waals surface area contributed by atoms with Gasteiger partial charge in [0.1, 0.15) is 5.75 Å². The SMILES string of the molecule is CCN(CC)C(Cc1ccccc1)c1ccccc1O. The van der Waals surface area contributed by atoms with Gasteiger partial charge >= 0.3 is 0 Å². The van der Waals surface area contributed by atoms with Gasteiger partial charge < -0.3 is 5.11 Å². The van der Waals surface area contributed by atoms with Gasteiger partial charge in [0.25, 0.3) is 0 Å². The van der Waals surface area contributed by atoms with Gasteiger partial charge in [-0.1, -0.05) is 62.4 Å². The second kappa shape index (κ2) is 7.11. The summed E-state index contributed by atoms with van der Waals surface area (Å²) in [5, 5.41) is 10.2. The fourth-order valence-corrected chi connectivity index (χ4v) is 2.71. The number of likely N-dealkylation sites (N-methyl/N-ethyl adjacent to an activating group) is 1. The minimum absolute atomic E-state index is 0.216. The maximum Gasteiger partial charge on any atom is 0.120 e. The minimum Gasteiger partial charge on any atom is -0.508 e. The van der Waals surface area contributed by atoms with Crippen LogP contribution in [0.4, 0.5) is 0 Å². The molecule has 2 nitrogen and oxygen atoms in total. The van der Waals surface area contributed by atoms with Crippen molar-refractivity contribution in [1.82, 2.24) is 4.90 Å². The Morgan fingerprint density at radius 1 is 0.900 bits per heavy atom. The Labute approximate surface area is 121 Å². The lowest BCUT2D eigenvalue weighted by molar-refractivity contribution is 0.213. The number of hydrogen-bond acceptors (Lipinski definition) is 2. The van der Waals surface area contributed by atoms with Crippen LogP contribution in [-0.4, -0.2) is 23.1 Å². The Morgan fingerprint density at radius 3 is 2.10 bits per heavy atom.